The van der Waals surface area contributed by atoms with Crippen LogP contribution in [0, 0.1) is 0 Å². The van der Waals surface area contributed by atoms with Gasteiger partial charge in [-0.15, -0.1) is 0 Å². The molecular weight excluding hydrogens is 282 g/mol. The number of benzene rings is 1. The number of anilines is 1. The molecule has 0 fully saturated rings. The van der Waals surface area contributed by atoms with Crippen LogP contribution in [0.15, 0.2) is 30.4 Å². The van der Waals surface area contributed by atoms with E-state index in [0.717, 1.165) is 28.8 Å². The first-order valence-corrected chi connectivity index (χ1v) is 7.09. The lowest BCUT2D eigenvalue weighted by Gasteiger charge is -2.02. The van der Waals surface area contributed by atoms with Crippen molar-refractivity contribution in [3.63, 3.8) is 0 Å². The standard InChI is InChI=1S/C16H19N3O3/c1-11(2)16(21)22-9-3-4-15-18-13-6-5-12(17-7-8-20)10-14(13)19-15/h5-6,8,10,17H,1,3-4,7,9H2,2H3,(H,18,19). The molecule has 0 saturated heterocycles. The minimum absolute atomic E-state index is 0.278. The molecule has 1 aromatic carbocycles. The zero-order valence-corrected chi connectivity index (χ0v) is 12.5. The fraction of sp³-hybridized carbons (Fsp3) is 0.312. The number of aromatic nitrogens is 2. The maximum Gasteiger partial charge on any atom is 0.333 e. The summed E-state index contributed by atoms with van der Waals surface area (Å²) in [5, 5.41) is 2.99. The third-order valence-electron chi connectivity index (χ3n) is 3.06. The van der Waals surface area contributed by atoms with Gasteiger partial charge in [0, 0.05) is 17.7 Å². The van der Waals surface area contributed by atoms with E-state index in [9.17, 15) is 9.59 Å². The summed E-state index contributed by atoms with van der Waals surface area (Å²) in [5.41, 5.74) is 3.04. The van der Waals surface area contributed by atoms with Crippen molar-refractivity contribution in [2.45, 2.75) is 19.8 Å². The number of carbonyl (C=O) groups excluding carboxylic acids is 2. The largest absolute Gasteiger partial charge is 0.462 e. The van der Waals surface area contributed by atoms with E-state index in [1.165, 1.54) is 0 Å². The molecule has 2 N–H and O–H groups in total. The first kappa shape index (κ1) is 15.8. The normalized spacial score (nSPS) is 10.4. The molecule has 0 unspecified atom stereocenters. The minimum Gasteiger partial charge on any atom is -0.462 e. The molecule has 0 bridgehead atoms. The Morgan fingerprint density at radius 3 is 3.05 bits per heavy atom. The zero-order chi connectivity index (χ0) is 15.9. The second-order valence-corrected chi connectivity index (χ2v) is 4.98. The fourth-order valence-corrected chi connectivity index (χ4v) is 1.98. The van der Waals surface area contributed by atoms with Gasteiger partial charge in [0.25, 0.3) is 0 Å². The number of carbonyl (C=O) groups is 2. The minimum atomic E-state index is -0.365. The van der Waals surface area contributed by atoms with E-state index < -0.39 is 0 Å². The van der Waals surface area contributed by atoms with Crippen molar-refractivity contribution in [1.82, 2.24) is 9.97 Å². The third kappa shape index (κ3) is 4.18. The van der Waals surface area contributed by atoms with Gasteiger partial charge in [-0.2, -0.15) is 0 Å². The van der Waals surface area contributed by atoms with Crippen LogP contribution in [-0.2, 0) is 20.7 Å². The number of aryl methyl sites for hydroxylation is 1. The molecule has 0 atom stereocenters. The van der Waals surface area contributed by atoms with Crippen molar-refractivity contribution in [2.24, 2.45) is 0 Å². The monoisotopic (exact) mass is 301 g/mol. The van der Waals surface area contributed by atoms with E-state index in [0.29, 0.717) is 25.0 Å². The molecule has 6 heteroatoms. The highest BCUT2D eigenvalue weighted by Crippen LogP contribution is 2.17. The van der Waals surface area contributed by atoms with Gasteiger partial charge in [-0.25, -0.2) is 9.78 Å². The van der Waals surface area contributed by atoms with E-state index in [4.69, 9.17) is 4.74 Å². The van der Waals surface area contributed by atoms with Crippen molar-refractivity contribution >= 4 is 29.0 Å². The Morgan fingerprint density at radius 2 is 2.32 bits per heavy atom. The Kier molecular flexibility index (Phi) is 5.30. The van der Waals surface area contributed by atoms with Gasteiger partial charge in [-0.3, -0.25) is 0 Å². The quantitative estimate of drug-likeness (QED) is 0.338. The van der Waals surface area contributed by atoms with Crippen molar-refractivity contribution in [3.8, 4) is 0 Å². The van der Waals surface area contributed by atoms with Crippen molar-refractivity contribution < 1.29 is 14.3 Å². The van der Waals surface area contributed by atoms with Crippen LogP contribution in [-0.4, -0.2) is 35.4 Å². The highest BCUT2D eigenvalue weighted by Gasteiger charge is 2.06. The molecule has 0 saturated carbocycles. The van der Waals surface area contributed by atoms with Crippen molar-refractivity contribution in [1.29, 1.82) is 0 Å². The smallest absolute Gasteiger partial charge is 0.333 e. The summed E-state index contributed by atoms with van der Waals surface area (Å²) in [6.07, 6.45) is 2.19. The molecule has 1 heterocycles. The summed E-state index contributed by atoms with van der Waals surface area (Å²) >= 11 is 0. The van der Waals surface area contributed by atoms with Crippen LogP contribution >= 0.6 is 0 Å². The molecule has 0 aliphatic rings. The van der Waals surface area contributed by atoms with Gasteiger partial charge in [-0.05, 0) is 31.5 Å². The average Bonchev–Trinajstić information content (AvgIpc) is 2.91. The molecule has 22 heavy (non-hydrogen) atoms. The molecule has 0 radical (unpaired) electrons. The van der Waals surface area contributed by atoms with Crippen LogP contribution in [0.25, 0.3) is 11.0 Å². The van der Waals surface area contributed by atoms with Crippen molar-refractivity contribution in [2.75, 3.05) is 18.5 Å². The lowest BCUT2D eigenvalue weighted by molar-refractivity contribution is -0.139. The van der Waals surface area contributed by atoms with E-state index >= 15 is 0 Å². The first-order chi connectivity index (χ1) is 10.6. The van der Waals surface area contributed by atoms with E-state index in [2.05, 4.69) is 21.9 Å². The van der Waals surface area contributed by atoms with Gasteiger partial charge in [0.1, 0.15) is 12.1 Å². The molecule has 2 rings (SSSR count). The molecule has 0 amide bonds. The summed E-state index contributed by atoms with van der Waals surface area (Å²) in [5.74, 6) is 0.476. The van der Waals surface area contributed by atoms with Crippen LogP contribution in [0.1, 0.15) is 19.2 Å². The van der Waals surface area contributed by atoms with Gasteiger partial charge in [0.15, 0.2) is 0 Å². The maximum absolute atomic E-state index is 11.2. The zero-order valence-electron chi connectivity index (χ0n) is 12.5. The number of rotatable bonds is 8. The molecule has 0 aliphatic carbocycles. The Morgan fingerprint density at radius 1 is 1.50 bits per heavy atom. The Bertz CT molecular complexity index is 691. The summed E-state index contributed by atoms with van der Waals surface area (Å²) in [4.78, 5) is 29.3. The van der Waals surface area contributed by atoms with Crippen LogP contribution in [0.4, 0.5) is 5.69 Å². The van der Waals surface area contributed by atoms with Gasteiger partial charge < -0.3 is 19.8 Å². The SMILES string of the molecule is C=C(C)C(=O)OCCCc1nc2ccc(NCC=O)cc2[nH]1. The molecule has 6 nitrogen and oxygen atoms in total. The molecule has 0 spiro atoms. The molecular formula is C16H19N3O3. The molecule has 1 aromatic heterocycles. The lowest BCUT2D eigenvalue weighted by Crippen LogP contribution is -2.07. The first-order valence-electron chi connectivity index (χ1n) is 7.09. The van der Waals surface area contributed by atoms with Crippen LogP contribution < -0.4 is 5.32 Å². The van der Waals surface area contributed by atoms with E-state index in [-0.39, 0.29) is 12.5 Å². The summed E-state index contributed by atoms with van der Waals surface area (Å²) < 4.78 is 5.04. The third-order valence-corrected chi connectivity index (χ3v) is 3.06. The lowest BCUT2D eigenvalue weighted by atomic mass is 10.3. The molecule has 2 aromatic rings. The van der Waals surface area contributed by atoms with Crippen LogP contribution in [0.5, 0.6) is 0 Å². The van der Waals surface area contributed by atoms with Gasteiger partial charge >= 0.3 is 5.97 Å². The second kappa shape index (κ2) is 7.40. The Hall–Kier alpha value is -2.63. The fourth-order valence-electron chi connectivity index (χ4n) is 1.98. The van der Waals surface area contributed by atoms with Crippen LogP contribution in [0.3, 0.4) is 0 Å². The van der Waals surface area contributed by atoms with Crippen molar-refractivity contribution in [3.05, 3.63) is 36.2 Å². The van der Waals surface area contributed by atoms with Crippen LogP contribution in [0.2, 0.25) is 0 Å². The molecule has 116 valence electrons. The number of nitrogens with zero attached hydrogens (tertiary/aromatic N) is 1. The molecule has 0 aliphatic heterocycles. The number of fused-ring (bicyclic) bond motifs is 1. The highest BCUT2D eigenvalue weighted by molar-refractivity contribution is 5.86. The van der Waals surface area contributed by atoms with Gasteiger partial charge in [-0.1, -0.05) is 6.58 Å². The Balaban J connectivity index is 1.90. The van der Waals surface area contributed by atoms with Gasteiger partial charge in [0.05, 0.1) is 24.2 Å². The highest BCUT2D eigenvalue weighted by atomic mass is 16.5. The number of aromatic amines is 1. The van der Waals surface area contributed by atoms with E-state index in [1.54, 1.807) is 6.92 Å². The summed E-state index contributed by atoms with van der Waals surface area (Å²) in [6.45, 7) is 5.77. The number of nitrogens with one attached hydrogen (secondary N) is 2. The predicted octanol–water partition coefficient (Wildman–Crippen LogP) is 2.23. The predicted molar refractivity (Wildman–Crippen MR) is 84.7 cm³/mol. The maximum atomic E-state index is 11.2. The number of hydrogen-bond donors (Lipinski definition) is 2. The summed E-state index contributed by atoms with van der Waals surface area (Å²) in [7, 11) is 0. The summed E-state index contributed by atoms with van der Waals surface area (Å²) in [6, 6.07) is 5.69. The average molecular weight is 301 g/mol. The number of H-pyrrole nitrogens is 1. The number of hydrogen-bond acceptors (Lipinski definition) is 5. The number of aldehydes is 1. The number of esters is 1. The van der Waals surface area contributed by atoms with E-state index in [1.807, 2.05) is 18.2 Å². The second-order valence-electron chi connectivity index (χ2n) is 4.98. The number of ether oxygens (including phenoxy) is 1. The Labute approximate surface area is 128 Å². The topological polar surface area (TPSA) is 84.1 Å². The number of imidazole rings is 1. The van der Waals surface area contributed by atoms with Gasteiger partial charge in [0.2, 0.25) is 0 Å².